The summed E-state index contributed by atoms with van der Waals surface area (Å²) in [7, 11) is 0. The van der Waals surface area contributed by atoms with Crippen LogP contribution in [0, 0.1) is 13.8 Å². The monoisotopic (exact) mass is 294 g/mol. The molecule has 2 aromatic carbocycles. The summed E-state index contributed by atoms with van der Waals surface area (Å²) >= 11 is 0. The van der Waals surface area contributed by atoms with Crippen LogP contribution in [0.15, 0.2) is 51.7 Å². The first-order chi connectivity index (χ1) is 10.5. The molecule has 0 saturated heterocycles. The molecule has 1 N–H and O–H groups in total. The van der Waals surface area contributed by atoms with E-state index in [4.69, 9.17) is 4.42 Å². The summed E-state index contributed by atoms with van der Waals surface area (Å²) in [5.74, 6) is -0.733. The Hall–Kier alpha value is -2.88. The molecule has 22 heavy (non-hydrogen) atoms. The van der Waals surface area contributed by atoms with E-state index in [-0.39, 0.29) is 16.6 Å². The summed E-state index contributed by atoms with van der Waals surface area (Å²) in [5, 5.41) is 9.77. The average Bonchev–Trinajstić information content (AvgIpc) is 2.49. The van der Waals surface area contributed by atoms with Gasteiger partial charge in [0, 0.05) is 11.6 Å². The molecule has 0 aliphatic heterocycles. The van der Waals surface area contributed by atoms with Crippen molar-refractivity contribution in [1.29, 1.82) is 0 Å². The molecule has 0 amide bonds. The number of carbonyl (C=O) groups is 1. The largest absolute Gasteiger partial charge is 0.478 e. The van der Waals surface area contributed by atoms with Gasteiger partial charge in [-0.1, -0.05) is 30.3 Å². The topological polar surface area (TPSA) is 67.5 Å². The van der Waals surface area contributed by atoms with E-state index >= 15 is 0 Å². The standard InChI is InChI=1S/C18H14O4/c1-10-8-13-14(19)9-15(12-6-4-3-5-7-12)22-17(13)16(11(10)2)18(20)21/h3-9H,1-2H3,(H,20,21). The van der Waals surface area contributed by atoms with Crippen LogP contribution in [0.5, 0.6) is 0 Å². The molecule has 0 radical (unpaired) electrons. The molecule has 0 atom stereocenters. The lowest BCUT2D eigenvalue weighted by Gasteiger charge is -2.10. The number of hydrogen-bond acceptors (Lipinski definition) is 3. The summed E-state index contributed by atoms with van der Waals surface area (Å²) in [6.07, 6.45) is 0. The number of aromatic carboxylic acids is 1. The minimum absolute atomic E-state index is 0.0462. The van der Waals surface area contributed by atoms with Crippen LogP contribution in [-0.2, 0) is 0 Å². The summed E-state index contributed by atoms with van der Waals surface area (Å²) in [6, 6.07) is 12.2. The van der Waals surface area contributed by atoms with Gasteiger partial charge in [-0.15, -0.1) is 0 Å². The molecule has 110 valence electrons. The van der Waals surface area contributed by atoms with Gasteiger partial charge in [-0.3, -0.25) is 4.79 Å². The van der Waals surface area contributed by atoms with Gasteiger partial charge in [0.1, 0.15) is 11.3 Å². The molecule has 4 nitrogen and oxygen atoms in total. The third-order valence-electron chi connectivity index (χ3n) is 3.81. The van der Waals surface area contributed by atoms with Crippen LogP contribution >= 0.6 is 0 Å². The first kappa shape index (κ1) is 14.1. The molecule has 1 aromatic heterocycles. The molecule has 3 aromatic rings. The summed E-state index contributed by atoms with van der Waals surface area (Å²) < 4.78 is 5.78. The second-order valence-electron chi connectivity index (χ2n) is 5.22. The van der Waals surface area contributed by atoms with Gasteiger partial charge < -0.3 is 9.52 Å². The van der Waals surface area contributed by atoms with Crippen molar-refractivity contribution in [3.8, 4) is 11.3 Å². The molecule has 0 bridgehead atoms. The number of carboxylic acid groups (broad SMARTS) is 1. The average molecular weight is 294 g/mol. The molecule has 3 rings (SSSR count). The fourth-order valence-corrected chi connectivity index (χ4v) is 2.52. The Kier molecular flexibility index (Phi) is 3.29. The van der Waals surface area contributed by atoms with E-state index in [0.29, 0.717) is 16.7 Å². The van der Waals surface area contributed by atoms with Crippen molar-refractivity contribution in [2.24, 2.45) is 0 Å². The van der Waals surface area contributed by atoms with Crippen molar-refractivity contribution in [2.75, 3.05) is 0 Å². The van der Waals surface area contributed by atoms with E-state index in [1.54, 1.807) is 19.9 Å². The first-order valence-corrected chi connectivity index (χ1v) is 6.86. The van der Waals surface area contributed by atoms with Crippen LogP contribution in [0.25, 0.3) is 22.3 Å². The molecule has 4 heteroatoms. The Morgan fingerprint density at radius 3 is 2.41 bits per heavy atom. The Balaban J connectivity index is 2.43. The maximum absolute atomic E-state index is 12.4. The highest BCUT2D eigenvalue weighted by atomic mass is 16.4. The van der Waals surface area contributed by atoms with E-state index < -0.39 is 5.97 Å². The third-order valence-corrected chi connectivity index (χ3v) is 3.81. The highest BCUT2D eigenvalue weighted by molar-refractivity contribution is 6.03. The van der Waals surface area contributed by atoms with Gasteiger partial charge in [-0.2, -0.15) is 0 Å². The Morgan fingerprint density at radius 1 is 1.09 bits per heavy atom. The minimum atomic E-state index is -1.10. The van der Waals surface area contributed by atoms with Crippen LogP contribution in [0.3, 0.4) is 0 Å². The van der Waals surface area contributed by atoms with Gasteiger partial charge in [-0.25, -0.2) is 4.79 Å². The van der Waals surface area contributed by atoms with Crippen LogP contribution < -0.4 is 5.43 Å². The highest BCUT2D eigenvalue weighted by Gasteiger charge is 2.19. The van der Waals surface area contributed by atoms with Crippen molar-refractivity contribution in [1.82, 2.24) is 0 Å². The molecule has 1 heterocycles. The SMILES string of the molecule is Cc1cc2c(=O)cc(-c3ccccc3)oc2c(C(=O)O)c1C. The highest BCUT2D eigenvalue weighted by Crippen LogP contribution is 2.27. The number of aryl methyl sites for hydroxylation is 1. The van der Waals surface area contributed by atoms with Gasteiger partial charge in [0.2, 0.25) is 0 Å². The van der Waals surface area contributed by atoms with Crippen molar-refractivity contribution in [3.63, 3.8) is 0 Å². The number of hydrogen-bond donors (Lipinski definition) is 1. The third kappa shape index (κ3) is 2.19. The molecule has 0 aliphatic carbocycles. The van der Waals surface area contributed by atoms with Crippen molar-refractivity contribution < 1.29 is 14.3 Å². The lowest BCUT2D eigenvalue weighted by atomic mass is 9.99. The van der Waals surface area contributed by atoms with Crippen LogP contribution in [0.1, 0.15) is 21.5 Å². The fraction of sp³-hybridized carbons (Fsp3) is 0.111. The quantitative estimate of drug-likeness (QED) is 0.781. The summed E-state index contributed by atoms with van der Waals surface area (Å²) in [4.78, 5) is 23.9. The van der Waals surface area contributed by atoms with Gasteiger partial charge in [0.15, 0.2) is 11.0 Å². The summed E-state index contributed by atoms with van der Waals surface area (Å²) in [5.41, 5.74) is 2.02. The normalized spacial score (nSPS) is 10.8. The van der Waals surface area contributed by atoms with Crippen molar-refractivity contribution in [2.45, 2.75) is 13.8 Å². The maximum atomic E-state index is 12.4. The fourth-order valence-electron chi connectivity index (χ4n) is 2.52. The van der Waals surface area contributed by atoms with Crippen molar-refractivity contribution >= 4 is 16.9 Å². The van der Waals surface area contributed by atoms with E-state index in [9.17, 15) is 14.7 Å². The van der Waals surface area contributed by atoms with Crippen LogP contribution in [-0.4, -0.2) is 11.1 Å². The predicted molar refractivity (Wildman–Crippen MR) is 84.4 cm³/mol. The maximum Gasteiger partial charge on any atom is 0.339 e. The number of fused-ring (bicyclic) bond motifs is 1. The van der Waals surface area contributed by atoms with E-state index in [2.05, 4.69) is 0 Å². The van der Waals surface area contributed by atoms with Crippen LogP contribution in [0.2, 0.25) is 0 Å². The summed E-state index contributed by atoms with van der Waals surface area (Å²) in [6.45, 7) is 3.50. The molecular weight excluding hydrogens is 280 g/mol. The zero-order chi connectivity index (χ0) is 15.9. The Labute approximate surface area is 126 Å². The van der Waals surface area contributed by atoms with Gasteiger partial charge in [0.05, 0.1) is 5.39 Å². The predicted octanol–water partition coefficient (Wildman–Crippen LogP) is 3.78. The van der Waals surface area contributed by atoms with E-state index in [1.807, 2.05) is 30.3 Å². The molecule has 0 aliphatic rings. The minimum Gasteiger partial charge on any atom is -0.478 e. The molecule has 0 spiro atoms. The zero-order valence-electron chi connectivity index (χ0n) is 12.2. The van der Waals surface area contributed by atoms with Crippen LogP contribution in [0.4, 0.5) is 0 Å². The first-order valence-electron chi connectivity index (χ1n) is 6.86. The number of benzene rings is 2. The van der Waals surface area contributed by atoms with Gasteiger partial charge in [-0.05, 0) is 31.0 Å². The number of rotatable bonds is 2. The second kappa shape index (κ2) is 5.15. The van der Waals surface area contributed by atoms with Crippen molar-refractivity contribution in [3.05, 3.63) is 69.4 Å². The lowest BCUT2D eigenvalue weighted by Crippen LogP contribution is -2.08. The second-order valence-corrected chi connectivity index (χ2v) is 5.22. The van der Waals surface area contributed by atoms with E-state index in [0.717, 1.165) is 11.1 Å². The zero-order valence-corrected chi connectivity index (χ0v) is 12.2. The Morgan fingerprint density at radius 2 is 1.77 bits per heavy atom. The molecule has 0 unspecified atom stereocenters. The Bertz CT molecular complexity index is 937. The van der Waals surface area contributed by atoms with E-state index in [1.165, 1.54) is 6.07 Å². The molecule has 0 saturated carbocycles. The molecular formula is C18H14O4. The molecule has 0 fully saturated rings. The van der Waals surface area contributed by atoms with Gasteiger partial charge >= 0.3 is 5.97 Å². The van der Waals surface area contributed by atoms with Gasteiger partial charge in [0.25, 0.3) is 0 Å². The smallest absolute Gasteiger partial charge is 0.339 e. The number of carboxylic acids is 1. The lowest BCUT2D eigenvalue weighted by molar-refractivity contribution is 0.0697.